The van der Waals surface area contributed by atoms with Gasteiger partial charge in [0.25, 0.3) is 5.56 Å². The summed E-state index contributed by atoms with van der Waals surface area (Å²) in [5.41, 5.74) is 0.555. The number of aromatic amines is 1. The number of H-pyrrole nitrogens is 1. The van der Waals surface area contributed by atoms with Crippen LogP contribution in [0.15, 0.2) is 16.9 Å². The number of aromatic nitrogens is 2. The fourth-order valence-electron chi connectivity index (χ4n) is 3.74. The molecule has 2 amide bonds. The van der Waals surface area contributed by atoms with Crippen molar-refractivity contribution in [3.63, 3.8) is 0 Å². The summed E-state index contributed by atoms with van der Waals surface area (Å²) in [5.74, 6) is 0.371. The summed E-state index contributed by atoms with van der Waals surface area (Å²) in [6.07, 6.45) is 3.35. The monoisotopic (exact) mass is 332 g/mol. The van der Waals surface area contributed by atoms with Crippen molar-refractivity contribution in [3.05, 3.63) is 28.2 Å². The fraction of sp³-hybridized carbons (Fsp3) is 0.647. The molecule has 2 aliphatic rings. The van der Waals surface area contributed by atoms with Crippen molar-refractivity contribution in [2.24, 2.45) is 5.41 Å². The van der Waals surface area contributed by atoms with Crippen LogP contribution in [0.1, 0.15) is 38.3 Å². The zero-order valence-corrected chi connectivity index (χ0v) is 14.1. The maximum atomic E-state index is 12.4. The molecular formula is C17H24N4O3. The van der Waals surface area contributed by atoms with E-state index in [0.717, 1.165) is 44.7 Å². The van der Waals surface area contributed by atoms with Gasteiger partial charge in [0.2, 0.25) is 11.8 Å². The molecule has 24 heavy (non-hydrogen) atoms. The highest BCUT2D eigenvalue weighted by molar-refractivity contribution is 5.80. The highest BCUT2D eigenvalue weighted by atomic mass is 16.2. The zero-order chi connectivity index (χ0) is 17.2. The average molecular weight is 332 g/mol. The van der Waals surface area contributed by atoms with Crippen molar-refractivity contribution in [2.45, 2.75) is 39.0 Å². The van der Waals surface area contributed by atoms with Crippen molar-refractivity contribution >= 4 is 11.8 Å². The van der Waals surface area contributed by atoms with Crippen LogP contribution >= 0.6 is 0 Å². The maximum absolute atomic E-state index is 12.4. The topological polar surface area (TPSA) is 86.4 Å². The summed E-state index contributed by atoms with van der Waals surface area (Å²) in [5, 5.41) is 6.31. The smallest absolute Gasteiger partial charge is 0.264 e. The quantitative estimate of drug-likeness (QED) is 0.873. The van der Waals surface area contributed by atoms with Crippen LogP contribution in [0.5, 0.6) is 0 Å². The summed E-state index contributed by atoms with van der Waals surface area (Å²) < 4.78 is 0. The van der Waals surface area contributed by atoms with Crippen LogP contribution < -0.4 is 5.56 Å². The van der Waals surface area contributed by atoms with E-state index in [0.29, 0.717) is 19.3 Å². The molecule has 1 spiro atoms. The largest absolute Gasteiger partial charge is 0.343 e. The molecule has 2 fully saturated rings. The number of carbonyl (C=O) groups is 2. The Labute approximate surface area is 141 Å². The lowest BCUT2D eigenvalue weighted by Gasteiger charge is -2.38. The van der Waals surface area contributed by atoms with Gasteiger partial charge < -0.3 is 9.80 Å². The number of nitrogens with zero attached hydrogens (tertiary/aromatic N) is 3. The minimum absolute atomic E-state index is 0.0738. The number of hydrogen-bond acceptors (Lipinski definition) is 4. The van der Waals surface area contributed by atoms with Crippen molar-refractivity contribution in [2.75, 3.05) is 26.2 Å². The Morgan fingerprint density at radius 2 is 2.04 bits per heavy atom. The lowest BCUT2D eigenvalue weighted by atomic mass is 9.77. The summed E-state index contributed by atoms with van der Waals surface area (Å²) in [7, 11) is 0. The number of nitrogens with one attached hydrogen (secondary N) is 1. The van der Waals surface area contributed by atoms with Gasteiger partial charge in [-0.2, -0.15) is 5.10 Å². The number of aryl methyl sites for hydroxylation is 1. The summed E-state index contributed by atoms with van der Waals surface area (Å²) in [6.45, 7) is 5.08. The number of amides is 2. The molecule has 0 atom stereocenters. The zero-order valence-electron chi connectivity index (χ0n) is 14.1. The molecule has 2 saturated heterocycles. The second-order valence-corrected chi connectivity index (χ2v) is 6.88. The van der Waals surface area contributed by atoms with Gasteiger partial charge >= 0.3 is 0 Å². The van der Waals surface area contributed by atoms with E-state index >= 15 is 0 Å². The van der Waals surface area contributed by atoms with E-state index in [4.69, 9.17) is 0 Å². The Kier molecular flexibility index (Phi) is 4.69. The average Bonchev–Trinajstić information content (AvgIpc) is 2.90. The minimum atomic E-state index is -0.237. The third kappa shape index (κ3) is 3.49. The summed E-state index contributed by atoms with van der Waals surface area (Å²) in [6, 6.07) is 3.08. The Balaban J connectivity index is 1.49. The van der Waals surface area contributed by atoms with E-state index in [1.807, 2.05) is 16.7 Å². The van der Waals surface area contributed by atoms with E-state index in [1.54, 1.807) is 6.07 Å². The highest BCUT2D eigenvalue weighted by Gasteiger charge is 2.44. The molecule has 0 unspecified atom stereocenters. The minimum Gasteiger partial charge on any atom is -0.343 e. The molecule has 3 heterocycles. The predicted octanol–water partition coefficient (Wildman–Crippen LogP) is 0.563. The number of rotatable bonds is 4. The first-order valence-electron chi connectivity index (χ1n) is 8.61. The van der Waals surface area contributed by atoms with Gasteiger partial charge in [0, 0.05) is 56.9 Å². The Hall–Kier alpha value is -2.18. The Morgan fingerprint density at radius 1 is 1.29 bits per heavy atom. The molecule has 1 N–H and O–H groups in total. The number of likely N-dealkylation sites (tertiary alicyclic amines) is 2. The summed E-state index contributed by atoms with van der Waals surface area (Å²) in [4.78, 5) is 39.2. The maximum Gasteiger partial charge on any atom is 0.264 e. The third-order valence-electron chi connectivity index (χ3n) is 5.30. The Bertz CT molecular complexity index is 656. The fourth-order valence-corrected chi connectivity index (χ4v) is 3.74. The molecule has 1 aromatic heterocycles. The molecule has 130 valence electrons. The van der Waals surface area contributed by atoms with Crippen molar-refractivity contribution in [1.29, 1.82) is 0 Å². The molecule has 1 aromatic rings. The van der Waals surface area contributed by atoms with Gasteiger partial charge in [0.05, 0.1) is 5.69 Å². The van der Waals surface area contributed by atoms with Crippen molar-refractivity contribution in [1.82, 2.24) is 20.0 Å². The van der Waals surface area contributed by atoms with Gasteiger partial charge in [-0.15, -0.1) is 0 Å². The first-order valence-corrected chi connectivity index (χ1v) is 8.61. The van der Waals surface area contributed by atoms with Gasteiger partial charge in [-0.05, 0) is 25.8 Å². The molecular weight excluding hydrogens is 308 g/mol. The van der Waals surface area contributed by atoms with Crippen LogP contribution in [0.2, 0.25) is 0 Å². The van der Waals surface area contributed by atoms with E-state index < -0.39 is 0 Å². The number of piperidine rings is 1. The molecule has 0 aromatic carbocycles. The van der Waals surface area contributed by atoms with Crippen molar-refractivity contribution < 1.29 is 9.59 Å². The van der Waals surface area contributed by atoms with E-state index in [2.05, 4.69) is 10.2 Å². The Morgan fingerprint density at radius 3 is 2.62 bits per heavy atom. The second kappa shape index (κ2) is 6.75. The van der Waals surface area contributed by atoms with Gasteiger partial charge in [-0.1, -0.05) is 0 Å². The van der Waals surface area contributed by atoms with Crippen LogP contribution in [0.25, 0.3) is 0 Å². The van der Waals surface area contributed by atoms with Gasteiger partial charge in [0.1, 0.15) is 0 Å². The van der Waals surface area contributed by atoms with Gasteiger partial charge in [-0.3, -0.25) is 14.4 Å². The summed E-state index contributed by atoms with van der Waals surface area (Å²) >= 11 is 0. The third-order valence-corrected chi connectivity index (χ3v) is 5.30. The van der Waals surface area contributed by atoms with E-state index in [9.17, 15) is 14.4 Å². The van der Waals surface area contributed by atoms with Crippen LogP contribution in [0.3, 0.4) is 0 Å². The molecule has 0 aliphatic carbocycles. The lowest BCUT2D eigenvalue weighted by molar-refractivity contribution is -0.133. The molecule has 7 heteroatoms. The van der Waals surface area contributed by atoms with Crippen LogP contribution in [-0.4, -0.2) is 58.0 Å². The molecule has 2 aliphatic heterocycles. The standard InChI is InChI=1S/C17H24N4O3/c1-2-20-12-17(11-16(20)24)7-9-21(10-8-17)15(23)6-4-13-3-5-14(22)19-18-13/h3,5H,2,4,6-12H2,1H3,(H,19,22). The molecule has 0 saturated carbocycles. The van der Waals surface area contributed by atoms with Crippen molar-refractivity contribution in [3.8, 4) is 0 Å². The molecule has 0 radical (unpaired) electrons. The first-order chi connectivity index (χ1) is 11.5. The normalized spacial score (nSPS) is 20.0. The van der Waals surface area contributed by atoms with E-state index in [-0.39, 0.29) is 22.8 Å². The van der Waals surface area contributed by atoms with Crippen LogP contribution in [-0.2, 0) is 16.0 Å². The number of hydrogen-bond donors (Lipinski definition) is 1. The van der Waals surface area contributed by atoms with Gasteiger partial charge in [0.15, 0.2) is 0 Å². The number of carbonyl (C=O) groups excluding carboxylic acids is 2. The second-order valence-electron chi connectivity index (χ2n) is 6.88. The highest BCUT2D eigenvalue weighted by Crippen LogP contribution is 2.40. The SMILES string of the molecule is CCN1CC2(CCN(C(=O)CCc3ccc(=O)[nH]n3)CC2)CC1=O. The predicted molar refractivity (Wildman–Crippen MR) is 88.3 cm³/mol. The molecule has 3 rings (SSSR count). The van der Waals surface area contributed by atoms with E-state index in [1.165, 1.54) is 6.07 Å². The lowest BCUT2D eigenvalue weighted by Crippen LogP contribution is -2.44. The molecule has 7 nitrogen and oxygen atoms in total. The van der Waals surface area contributed by atoms with Crippen LogP contribution in [0.4, 0.5) is 0 Å². The van der Waals surface area contributed by atoms with Crippen LogP contribution in [0, 0.1) is 5.41 Å². The molecule has 0 bridgehead atoms. The first kappa shape index (κ1) is 16.7. The van der Waals surface area contributed by atoms with Gasteiger partial charge in [-0.25, -0.2) is 5.10 Å².